The molecule has 4 rings (SSSR count). The number of nitrogens with zero attached hydrogens (tertiary/aromatic N) is 3. The van der Waals surface area contributed by atoms with E-state index in [0.717, 1.165) is 64.7 Å². The molecule has 178 valence electrons. The zero-order valence-corrected chi connectivity index (χ0v) is 20.3. The summed E-state index contributed by atoms with van der Waals surface area (Å²) in [4.78, 5) is 19.9. The Bertz CT molecular complexity index is 883. The van der Waals surface area contributed by atoms with E-state index < -0.39 is 0 Å². The number of hydrogen-bond acceptors (Lipinski definition) is 5. The molecule has 6 nitrogen and oxygen atoms in total. The summed E-state index contributed by atoms with van der Waals surface area (Å²) in [5.74, 6) is 0.629. The molecule has 2 aromatic rings. The van der Waals surface area contributed by atoms with Gasteiger partial charge < -0.3 is 15.0 Å². The maximum Gasteiger partial charge on any atom is 0.241 e. The number of carbonyl (C=O) groups is 1. The number of hydrogen-bond donors (Lipinski definition) is 1. The van der Waals surface area contributed by atoms with Crippen LogP contribution >= 0.6 is 0 Å². The van der Waals surface area contributed by atoms with Gasteiger partial charge in [0, 0.05) is 57.2 Å². The average molecular weight is 451 g/mol. The molecule has 2 heterocycles. The third-order valence-electron chi connectivity index (χ3n) is 6.90. The van der Waals surface area contributed by atoms with Crippen LogP contribution in [-0.4, -0.2) is 74.2 Å². The molecule has 0 radical (unpaired) electrons. The second-order valence-electron chi connectivity index (χ2n) is 9.52. The number of ether oxygens (including phenoxy) is 1. The molecule has 0 aliphatic carbocycles. The van der Waals surface area contributed by atoms with Crippen molar-refractivity contribution in [2.45, 2.75) is 39.3 Å². The summed E-state index contributed by atoms with van der Waals surface area (Å²) in [5.41, 5.74) is 4.78. The number of rotatable bonds is 7. The Balaban J connectivity index is 1.23. The van der Waals surface area contributed by atoms with E-state index in [-0.39, 0.29) is 11.9 Å². The zero-order chi connectivity index (χ0) is 23.2. The van der Waals surface area contributed by atoms with Crippen LogP contribution in [0.4, 0.5) is 11.4 Å². The third-order valence-corrected chi connectivity index (χ3v) is 6.90. The summed E-state index contributed by atoms with van der Waals surface area (Å²) in [7, 11) is 0. The van der Waals surface area contributed by atoms with E-state index in [2.05, 4.69) is 70.3 Å². The van der Waals surface area contributed by atoms with E-state index in [4.69, 9.17) is 4.74 Å². The Morgan fingerprint density at radius 1 is 0.879 bits per heavy atom. The van der Waals surface area contributed by atoms with Crippen LogP contribution in [0.15, 0.2) is 48.5 Å². The topological polar surface area (TPSA) is 48.0 Å². The fraction of sp³-hybridized carbons (Fsp3) is 0.519. The number of amides is 1. The Morgan fingerprint density at radius 3 is 2.12 bits per heavy atom. The predicted molar refractivity (Wildman–Crippen MR) is 135 cm³/mol. The van der Waals surface area contributed by atoms with Crippen molar-refractivity contribution in [3.05, 3.63) is 59.7 Å². The van der Waals surface area contributed by atoms with Crippen molar-refractivity contribution in [2.24, 2.45) is 0 Å². The van der Waals surface area contributed by atoms with Crippen molar-refractivity contribution >= 4 is 17.3 Å². The molecule has 0 unspecified atom stereocenters. The zero-order valence-electron chi connectivity index (χ0n) is 20.3. The van der Waals surface area contributed by atoms with E-state index in [1.54, 1.807) is 0 Å². The lowest BCUT2D eigenvalue weighted by Gasteiger charge is -2.37. The van der Waals surface area contributed by atoms with Crippen LogP contribution in [0, 0.1) is 0 Å². The van der Waals surface area contributed by atoms with Crippen molar-refractivity contribution in [3.63, 3.8) is 0 Å². The van der Waals surface area contributed by atoms with E-state index in [9.17, 15) is 4.79 Å². The molecule has 1 N–H and O–H groups in total. The Morgan fingerprint density at radius 2 is 1.52 bits per heavy atom. The predicted octanol–water partition coefficient (Wildman–Crippen LogP) is 3.79. The van der Waals surface area contributed by atoms with Crippen molar-refractivity contribution in [2.75, 3.05) is 62.7 Å². The van der Waals surface area contributed by atoms with E-state index in [1.807, 2.05) is 19.1 Å². The van der Waals surface area contributed by atoms with Crippen molar-refractivity contribution in [1.82, 2.24) is 9.80 Å². The summed E-state index contributed by atoms with van der Waals surface area (Å²) in [6.45, 7) is 14.6. The molecule has 1 amide bonds. The molecule has 6 heteroatoms. The minimum absolute atomic E-state index is 0.0619. The van der Waals surface area contributed by atoms with E-state index >= 15 is 0 Å². The van der Waals surface area contributed by atoms with Crippen LogP contribution in [0.3, 0.4) is 0 Å². The van der Waals surface area contributed by atoms with Gasteiger partial charge in [-0.15, -0.1) is 0 Å². The SMILES string of the molecule is CC(C)c1ccc(CN2CCN([C@H](C)C(=O)Nc3ccc(N4CCOCC4)cc3)CC2)cc1. The second-order valence-corrected chi connectivity index (χ2v) is 9.52. The summed E-state index contributed by atoms with van der Waals surface area (Å²) < 4.78 is 5.42. The second kappa shape index (κ2) is 11.1. The lowest BCUT2D eigenvalue weighted by atomic mass is 10.0. The minimum Gasteiger partial charge on any atom is -0.378 e. The highest BCUT2D eigenvalue weighted by atomic mass is 16.5. The number of carbonyl (C=O) groups excluding carboxylic acids is 1. The van der Waals surface area contributed by atoms with Gasteiger partial charge in [-0.3, -0.25) is 14.6 Å². The smallest absolute Gasteiger partial charge is 0.241 e. The molecule has 2 fully saturated rings. The summed E-state index contributed by atoms with van der Waals surface area (Å²) in [5, 5.41) is 3.10. The summed E-state index contributed by atoms with van der Waals surface area (Å²) in [6, 6.07) is 17.0. The van der Waals surface area contributed by atoms with Crippen LogP contribution < -0.4 is 10.2 Å². The van der Waals surface area contributed by atoms with Crippen LogP contribution in [0.1, 0.15) is 37.8 Å². The molecule has 2 aromatic carbocycles. The van der Waals surface area contributed by atoms with Gasteiger partial charge in [-0.2, -0.15) is 0 Å². The molecule has 0 aromatic heterocycles. The van der Waals surface area contributed by atoms with Gasteiger partial charge in [0.1, 0.15) is 0 Å². The van der Waals surface area contributed by atoms with Crippen LogP contribution in [0.5, 0.6) is 0 Å². The van der Waals surface area contributed by atoms with Crippen molar-refractivity contribution in [1.29, 1.82) is 0 Å². The van der Waals surface area contributed by atoms with Gasteiger partial charge in [-0.05, 0) is 48.2 Å². The number of nitrogens with one attached hydrogen (secondary N) is 1. The van der Waals surface area contributed by atoms with Gasteiger partial charge >= 0.3 is 0 Å². The fourth-order valence-corrected chi connectivity index (χ4v) is 4.56. The number of morpholine rings is 1. The van der Waals surface area contributed by atoms with E-state index in [0.29, 0.717) is 5.92 Å². The fourth-order valence-electron chi connectivity index (χ4n) is 4.56. The van der Waals surface area contributed by atoms with Gasteiger partial charge in [0.05, 0.1) is 19.3 Å². The third kappa shape index (κ3) is 6.34. The van der Waals surface area contributed by atoms with Crippen LogP contribution in [-0.2, 0) is 16.1 Å². The minimum atomic E-state index is -0.142. The van der Waals surface area contributed by atoms with Gasteiger partial charge in [0.15, 0.2) is 0 Å². The highest BCUT2D eigenvalue weighted by Gasteiger charge is 2.25. The summed E-state index contributed by atoms with van der Waals surface area (Å²) in [6.07, 6.45) is 0. The van der Waals surface area contributed by atoms with Gasteiger partial charge in [0.25, 0.3) is 0 Å². The maximum atomic E-state index is 12.9. The number of benzene rings is 2. The Labute approximate surface area is 198 Å². The molecule has 2 aliphatic rings. The molecular formula is C27H38N4O2. The quantitative estimate of drug-likeness (QED) is 0.696. The van der Waals surface area contributed by atoms with Crippen molar-refractivity contribution in [3.8, 4) is 0 Å². The highest BCUT2D eigenvalue weighted by molar-refractivity contribution is 5.94. The standard InChI is InChI=1S/C27H38N4O2/c1-21(2)24-6-4-23(5-7-24)20-29-12-14-30(15-13-29)22(3)27(32)28-25-8-10-26(11-9-25)31-16-18-33-19-17-31/h4-11,21-22H,12-20H2,1-3H3,(H,28,32)/t22-/m1/s1. The Hall–Kier alpha value is -2.41. The van der Waals surface area contributed by atoms with Crippen LogP contribution in [0.2, 0.25) is 0 Å². The molecule has 1 atom stereocenters. The van der Waals surface area contributed by atoms with Crippen molar-refractivity contribution < 1.29 is 9.53 Å². The van der Waals surface area contributed by atoms with E-state index in [1.165, 1.54) is 16.8 Å². The number of anilines is 2. The first-order valence-electron chi connectivity index (χ1n) is 12.3. The molecule has 0 saturated carbocycles. The van der Waals surface area contributed by atoms with Gasteiger partial charge in [-0.1, -0.05) is 38.1 Å². The molecule has 33 heavy (non-hydrogen) atoms. The lowest BCUT2D eigenvalue weighted by Crippen LogP contribution is -2.52. The molecule has 2 saturated heterocycles. The van der Waals surface area contributed by atoms with Gasteiger partial charge in [-0.25, -0.2) is 0 Å². The normalized spacial score (nSPS) is 19.0. The van der Waals surface area contributed by atoms with Gasteiger partial charge in [0.2, 0.25) is 5.91 Å². The average Bonchev–Trinajstić information content (AvgIpc) is 2.85. The number of piperazine rings is 1. The highest BCUT2D eigenvalue weighted by Crippen LogP contribution is 2.20. The largest absolute Gasteiger partial charge is 0.378 e. The molecular weight excluding hydrogens is 412 g/mol. The van der Waals surface area contributed by atoms with Crippen LogP contribution in [0.25, 0.3) is 0 Å². The first-order chi connectivity index (χ1) is 16.0. The molecule has 0 spiro atoms. The first-order valence-corrected chi connectivity index (χ1v) is 12.3. The Kier molecular flexibility index (Phi) is 8.02. The lowest BCUT2D eigenvalue weighted by molar-refractivity contribution is -0.121. The monoisotopic (exact) mass is 450 g/mol. The first kappa shape index (κ1) is 23.7. The summed E-state index contributed by atoms with van der Waals surface area (Å²) >= 11 is 0. The molecule has 2 aliphatic heterocycles. The maximum absolute atomic E-state index is 12.9. The molecule has 0 bridgehead atoms.